The van der Waals surface area contributed by atoms with Crippen LogP contribution in [0.2, 0.25) is 0 Å². The molecule has 0 bridgehead atoms. The molecule has 0 amide bonds. The number of sulfonamides is 1. The maximum Gasteiger partial charge on any atom is 0.261 e. The third kappa shape index (κ3) is 3.01. The van der Waals surface area contributed by atoms with E-state index < -0.39 is 27.0 Å². The smallest absolute Gasteiger partial charge is 0.261 e. The summed E-state index contributed by atoms with van der Waals surface area (Å²) in [5.41, 5.74) is -0.402. The van der Waals surface area contributed by atoms with Crippen LogP contribution in [0.5, 0.6) is 11.5 Å². The molecule has 142 valence electrons. The summed E-state index contributed by atoms with van der Waals surface area (Å²) in [6, 6.07) is 10.5. The molecule has 3 N–H and O–H groups in total. The number of hydrogen-bond donors (Lipinski definition) is 3. The molecule has 0 aliphatic heterocycles. The van der Waals surface area contributed by atoms with Gasteiger partial charge in [0.1, 0.15) is 33.9 Å². The normalized spacial score (nSPS) is 11.8. The van der Waals surface area contributed by atoms with E-state index in [2.05, 4.69) is 4.72 Å². The van der Waals surface area contributed by atoms with Gasteiger partial charge in [-0.25, -0.2) is 12.8 Å². The van der Waals surface area contributed by atoms with Gasteiger partial charge in [-0.2, -0.15) is 0 Å². The molecule has 0 aliphatic rings. The van der Waals surface area contributed by atoms with Gasteiger partial charge >= 0.3 is 0 Å². The average molecular weight is 401 g/mol. The van der Waals surface area contributed by atoms with E-state index in [0.29, 0.717) is 0 Å². The molecule has 0 spiro atoms. The molecule has 9 heteroatoms. The largest absolute Gasteiger partial charge is 0.508 e. The van der Waals surface area contributed by atoms with Crippen LogP contribution in [-0.2, 0) is 10.0 Å². The predicted octanol–water partition coefficient (Wildman–Crippen LogP) is 3.30. The first-order chi connectivity index (χ1) is 13.2. The zero-order chi connectivity index (χ0) is 20.1. The molecule has 0 fully saturated rings. The number of halogens is 1. The molecule has 0 aliphatic carbocycles. The van der Waals surface area contributed by atoms with Gasteiger partial charge in [0.2, 0.25) is 5.43 Å². The maximum atomic E-state index is 13.0. The van der Waals surface area contributed by atoms with Gasteiger partial charge in [-0.05, 0) is 36.4 Å². The summed E-state index contributed by atoms with van der Waals surface area (Å²) in [5.74, 6) is -1.28. The van der Waals surface area contributed by atoms with E-state index in [-0.39, 0.29) is 38.3 Å². The van der Waals surface area contributed by atoms with E-state index in [4.69, 9.17) is 4.42 Å². The summed E-state index contributed by atoms with van der Waals surface area (Å²) in [7, 11) is -3.98. The molecule has 7 nitrogen and oxygen atoms in total. The SMILES string of the molecule is O=c1c2ccc(NS(=O)(=O)c3ccc(F)cc3)cc2oc2cc(O)cc(O)c12. The highest BCUT2D eigenvalue weighted by atomic mass is 32.2. The van der Waals surface area contributed by atoms with E-state index in [1.54, 1.807) is 0 Å². The van der Waals surface area contributed by atoms with Crippen molar-refractivity contribution in [3.63, 3.8) is 0 Å². The summed E-state index contributed by atoms with van der Waals surface area (Å²) in [6.07, 6.45) is 0. The Bertz CT molecular complexity index is 1390. The first-order valence-corrected chi connectivity index (χ1v) is 9.44. The van der Waals surface area contributed by atoms with Gasteiger partial charge in [0.15, 0.2) is 0 Å². The minimum Gasteiger partial charge on any atom is -0.508 e. The Morgan fingerprint density at radius 3 is 2.36 bits per heavy atom. The van der Waals surface area contributed by atoms with Crippen molar-refractivity contribution >= 4 is 37.6 Å². The third-order valence-electron chi connectivity index (χ3n) is 4.12. The lowest BCUT2D eigenvalue weighted by atomic mass is 10.1. The summed E-state index contributed by atoms with van der Waals surface area (Å²) in [4.78, 5) is 12.5. The quantitative estimate of drug-likeness (QED) is 0.454. The Morgan fingerprint density at radius 2 is 1.64 bits per heavy atom. The fourth-order valence-electron chi connectivity index (χ4n) is 2.83. The van der Waals surface area contributed by atoms with Crippen molar-refractivity contribution in [1.29, 1.82) is 0 Å². The minimum absolute atomic E-state index is 0.0476. The van der Waals surface area contributed by atoms with Crippen LogP contribution in [0, 0.1) is 5.82 Å². The van der Waals surface area contributed by atoms with Crippen molar-refractivity contribution < 1.29 is 27.4 Å². The van der Waals surface area contributed by atoms with Gasteiger partial charge in [0.05, 0.1) is 16.0 Å². The van der Waals surface area contributed by atoms with Crippen LogP contribution in [0.1, 0.15) is 0 Å². The van der Waals surface area contributed by atoms with Gasteiger partial charge in [-0.3, -0.25) is 9.52 Å². The number of hydrogen-bond acceptors (Lipinski definition) is 6. The average Bonchev–Trinajstić information content (AvgIpc) is 2.61. The highest BCUT2D eigenvalue weighted by Gasteiger charge is 2.17. The zero-order valence-electron chi connectivity index (χ0n) is 14.0. The standard InChI is InChI=1S/C19H12FNO6S/c20-10-1-4-13(5-2-10)28(25,26)21-11-3-6-14-16(7-11)27-17-9-12(22)8-15(23)18(17)19(14)24/h1-9,21-23H. The molecule has 4 rings (SSSR count). The highest BCUT2D eigenvalue weighted by Crippen LogP contribution is 2.30. The molecule has 0 saturated carbocycles. The molecule has 1 heterocycles. The van der Waals surface area contributed by atoms with Gasteiger partial charge < -0.3 is 14.6 Å². The second-order valence-corrected chi connectivity index (χ2v) is 7.72. The summed E-state index contributed by atoms with van der Waals surface area (Å²) in [6.45, 7) is 0. The minimum atomic E-state index is -3.98. The van der Waals surface area contributed by atoms with Crippen molar-refractivity contribution in [3.05, 3.63) is 70.6 Å². The van der Waals surface area contributed by atoms with Crippen LogP contribution < -0.4 is 10.2 Å². The van der Waals surface area contributed by atoms with Crippen LogP contribution >= 0.6 is 0 Å². The summed E-state index contributed by atoms with van der Waals surface area (Å²) < 4.78 is 45.7. The number of fused-ring (bicyclic) bond motifs is 2. The molecule has 1 aromatic heterocycles. The molecule has 4 aromatic rings. The first kappa shape index (κ1) is 17.8. The fourth-order valence-corrected chi connectivity index (χ4v) is 3.88. The number of phenolic OH excluding ortho intramolecular Hbond substituents is 2. The molecule has 0 unspecified atom stereocenters. The monoisotopic (exact) mass is 401 g/mol. The number of aromatic hydroxyl groups is 2. The van der Waals surface area contributed by atoms with Crippen LogP contribution in [0.15, 0.2) is 68.7 Å². The summed E-state index contributed by atoms with van der Waals surface area (Å²) in [5, 5.41) is 19.5. The van der Waals surface area contributed by atoms with Crippen molar-refractivity contribution in [1.82, 2.24) is 0 Å². The molecule has 0 radical (unpaired) electrons. The Morgan fingerprint density at radius 1 is 0.929 bits per heavy atom. The molecule has 0 saturated heterocycles. The predicted molar refractivity (Wildman–Crippen MR) is 101 cm³/mol. The Hall–Kier alpha value is -3.59. The van der Waals surface area contributed by atoms with E-state index >= 15 is 0 Å². The number of nitrogens with one attached hydrogen (secondary N) is 1. The van der Waals surface area contributed by atoms with E-state index in [1.165, 1.54) is 24.3 Å². The molecular formula is C19H12FNO6S. The fraction of sp³-hybridized carbons (Fsp3) is 0. The second kappa shape index (κ2) is 6.24. The highest BCUT2D eigenvalue weighted by molar-refractivity contribution is 7.92. The van der Waals surface area contributed by atoms with E-state index in [1.807, 2.05) is 0 Å². The summed E-state index contributed by atoms with van der Waals surface area (Å²) >= 11 is 0. The van der Waals surface area contributed by atoms with Gasteiger partial charge in [-0.1, -0.05) is 0 Å². The van der Waals surface area contributed by atoms with Gasteiger partial charge in [0, 0.05) is 18.2 Å². The third-order valence-corrected chi connectivity index (χ3v) is 5.51. The van der Waals surface area contributed by atoms with Crippen molar-refractivity contribution in [2.45, 2.75) is 4.90 Å². The Kier molecular flexibility index (Phi) is 3.97. The van der Waals surface area contributed by atoms with E-state index in [0.717, 1.165) is 30.3 Å². The number of rotatable bonds is 3. The van der Waals surface area contributed by atoms with Crippen LogP contribution in [0.3, 0.4) is 0 Å². The number of phenols is 2. The lowest BCUT2D eigenvalue weighted by Crippen LogP contribution is -2.13. The van der Waals surface area contributed by atoms with Gasteiger partial charge in [0.25, 0.3) is 10.0 Å². The van der Waals surface area contributed by atoms with Crippen molar-refractivity contribution in [3.8, 4) is 11.5 Å². The Balaban J connectivity index is 1.82. The number of anilines is 1. The van der Waals surface area contributed by atoms with Crippen LogP contribution in [-0.4, -0.2) is 18.6 Å². The molecule has 28 heavy (non-hydrogen) atoms. The zero-order valence-corrected chi connectivity index (χ0v) is 14.8. The van der Waals surface area contributed by atoms with Crippen LogP contribution in [0.4, 0.5) is 10.1 Å². The van der Waals surface area contributed by atoms with Crippen molar-refractivity contribution in [2.75, 3.05) is 4.72 Å². The van der Waals surface area contributed by atoms with E-state index in [9.17, 15) is 27.8 Å². The number of benzene rings is 3. The maximum absolute atomic E-state index is 13.0. The molecular weight excluding hydrogens is 389 g/mol. The van der Waals surface area contributed by atoms with Gasteiger partial charge in [-0.15, -0.1) is 0 Å². The molecule has 3 aromatic carbocycles. The van der Waals surface area contributed by atoms with Crippen molar-refractivity contribution in [2.24, 2.45) is 0 Å². The lowest BCUT2D eigenvalue weighted by molar-refractivity contribution is 0.453. The second-order valence-electron chi connectivity index (χ2n) is 6.04. The Labute approximate surface area is 157 Å². The molecule has 0 atom stereocenters. The first-order valence-electron chi connectivity index (χ1n) is 7.95. The topological polar surface area (TPSA) is 117 Å². The lowest BCUT2D eigenvalue weighted by Gasteiger charge is -2.09. The van der Waals surface area contributed by atoms with Crippen LogP contribution in [0.25, 0.3) is 21.9 Å².